The summed E-state index contributed by atoms with van der Waals surface area (Å²) in [6.07, 6.45) is 4.33. The molecule has 0 radical (unpaired) electrons. The van der Waals surface area contributed by atoms with Crippen LogP contribution in [-0.2, 0) is 0 Å². The van der Waals surface area contributed by atoms with E-state index in [2.05, 4.69) is 337 Å². The Balaban J connectivity index is 0.938. The summed E-state index contributed by atoms with van der Waals surface area (Å²) < 4.78 is 0. The van der Waals surface area contributed by atoms with E-state index in [4.69, 9.17) is 15.0 Å². The monoisotopic (exact) mass is 1140 g/mol. The van der Waals surface area contributed by atoms with Gasteiger partial charge in [-0.25, -0.2) is 15.0 Å². The van der Waals surface area contributed by atoms with Crippen molar-refractivity contribution >= 4 is 116 Å². The molecule has 0 amide bonds. The highest BCUT2D eigenvalue weighted by molar-refractivity contribution is 6.23. The second kappa shape index (κ2) is 21.3. The predicted molar refractivity (Wildman–Crippen MR) is 375 cm³/mol. The van der Waals surface area contributed by atoms with E-state index in [1.54, 1.807) is 0 Å². The summed E-state index contributed by atoms with van der Waals surface area (Å²) in [5.41, 5.74) is 16.2. The van der Waals surface area contributed by atoms with Crippen molar-refractivity contribution < 1.29 is 0 Å². The van der Waals surface area contributed by atoms with Crippen LogP contribution in [0.15, 0.2) is 309 Å². The standard InChI is InChI=1S/C83H56N6/c1-87-77-25-13-9-19-61(77)41-49-81(87)89(80-48-40-60-18-8-12-24-76(60)86-80)69-43-45-71-73(53-69)72-52-68(88(78-46-38-58-16-6-10-22-74(58)84-78)79-47-39-59-17-7-11-23-75(59)85-79)42-44-70(72)82(62-32-26-56(27-33-62)66-36-30-54-14-2-4-20-64(54)50-66)83(71)63-34-28-57(29-35-63)67-37-31-55-15-3-5-21-65(55)51-67/h2-53,81H,1H3. The zero-order valence-corrected chi connectivity index (χ0v) is 48.8. The molecule has 0 bridgehead atoms. The highest BCUT2D eigenvalue weighted by atomic mass is 15.4. The van der Waals surface area contributed by atoms with Crippen molar-refractivity contribution in [3.05, 3.63) is 315 Å². The molecule has 1 aliphatic heterocycles. The molecule has 13 aromatic carbocycles. The van der Waals surface area contributed by atoms with Gasteiger partial charge in [-0.05, 0) is 196 Å². The van der Waals surface area contributed by atoms with Gasteiger partial charge in [-0.2, -0.15) is 0 Å². The Hall–Kier alpha value is -11.7. The maximum Gasteiger partial charge on any atom is 0.139 e. The van der Waals surface area contributed by atoms with E-state index >= 15 is 0 Å². The molecule has 16 aromatic rings. The molecule has 0 spiro atoms. The second-order valence-corrected chi connectivity index (χ2v) is 23.2. The van der Waals surface area contributed by atoms with Gasteiger partial charge in [0, 0.05) is 40.3 Å². The molecule has 0 saturated carbocycles. The van der Waals surface area contributed by atoms with Crippen LogP contribution in [0.1, 0.15) is 5.56 Å². The first-order valence-corrected chi connectivity index (χ1v) is 30.4. The van der Waals surface area contributed by atoms with Gasteiger partial charge < -0.3 is 9.80 Å². The summed E-state index contributed by atoms with van der Waals surface area (Å²) in [5, 5.41) is 12.5. The van der Waals surface area contributed by atoms with Gasteiger partial charge in [0.05, 0.1) is 16.6 Å². The minimum Gasteiger partial charge on any atom is -0.350 e. The van der Waals surface area contributed by atoms with Crippen LogP contribution >= 0.6 is 0 Å². The molecule has 3 aromatic heterocycles. The summed E-state index contributed by atoms with van der Waals surface area (Å²) >= 11 is 0. The molecule has 6 nitrogen and oxygen atoms in total. The Labute approximate surface area is 515 Å². The minimum absolute atomic E-state index is 0.228. The average molecular weight is 1140 g/mol. The van der Waals surface area contributed by atoms with Crippen LogP contribution < -0.4 is 14.7 Å². The van der Waals surface area contributed by atoms with Gasteiger partial charge in [0.1, 0.15) is 23.6 Å². The molecule has 1 atom stereocenters. The number of pyridine rings is 3. The summed E-state index contributed by atoms with van der Waals surface area (Å²) in [7, 11) is 2.19. The maximum absolute atomic E-state index is 5.46. The number of rotatable bonds is 10. The average Bonchev–Trinajstić information content (AvgIpc) is 0.818. The molecule has 0 saturated heterocycles. The molecule has 0 fully saturated rings. The van der Waals surface area contributed by atoms with Gasteiger partial charge in [0.15, 0.2) is 0 Å². The fourth-order valence-electron chi connectivity index (χ4n) is 13.5. The number of benzene rings is 13. The van der Waals surface area contributed by atoms with Gasteiger partial charge in [-0.3, -0.25) is 4.90 Å². The lowest BCUT2D eigenvalue weighted by molar-refractivity contribution is 0.744. The van der Waals surface area contributed by atoms with Crippen LogP contribution in [-0.4, -0.2) is 28.2 Å². The van der Waals surface area contributed by atoms with Crippen LogP contribution in [0.3, 0.4) is 0 Å². The quantitative estimate of drug-likeness (QED) is 0.127. The Bertz CT molecular complexity index is 5420. The van der Waals surface area contributed by atoms with Crippen LogP contribution in [0.4, 0.5) is 34.5 Å². The highest BCUT2D eigenvalue weighted by Crippen LogP contribution is 2.49. The van der Waals surface area contributed by atoms with Crippen molar-refractivity contribution in [1.82, 2.24) is 15.0 Å². The maximum atomic E-state index is 5.46. The lowest BCUT2D eigenvalue weighted by Gasteiger charge is -2.40. The van der Waals surface area contributed by atoms with Gasteiger partial charge in [0.2, 0.25) is 0 Å². The SMILES string of the molecule is CN1c2ccccc2C=CC1N(c1ccc2c(-c3ccc(-c4ccc5ccccc5c4)cc3)c(-c3ccc(-c4ccc5ccccc5c4)cc3)c3ccc(N(c4ccc5ccccc5n4)c4ccc5ccccc5n4)cc3c2c1)c1ccc2ccccc2n1. The molecule has 418 valence electrons. The number of hydrogen-bond donors (Lipinski definition) is 0. The lowest BCUT2D eigenvalue weighted by Crippen LogP contribution is -2.45. The molecule has 17 rings (SSSR count). The fraction of sp³-hybridized carbons (Fsp3) is 0.0241. The fourth-order valence-corrected chi connectivity index (χ4v) is 13.5. The van der Waals surface area contributed by atoms with Crippen molar-refractivity contribution in [3.63, 3.8) is 0 Å². The van der Waals surface area contributed by atoms with Crippen molar-refractivity contribution in [2.24, 2.45) is 0 Å². The third-order valence-corrected chi connectivity index (χ3v) is 18.0. The van der Waals surface area contributed by atoms with Gasteiger partial charge in [0.25, 0.3) is 0 Å². The molecule has 1 unspecified atom stereocenters. The largest absolute Gasteiger partial charge is 0.350 e. The first kappa shape index (κ1) is 51.7. The molecule has 89 heavy (non-hydrogen) atoms. The molecule has 4 heterocycles. The van der Waals surface area contributed by atoms with Crippen molar-refractivity contribution in [2.45, 2.75) is 6.17 Å². The van der Waals surface area contributed by atoms with E-state index in [1.165, 1.54) is 38.2 Å². The number of anilines is 6. The first-order chi connectivity index (χ1) is 44.0. The topological polar surface area (TPSA) is 48.4 Å². The Morgan fingerprint density at radius 2 is 0.697 bits per heavy atom. The minimum atomic E-state index is -0.228. The summed E-state index contributed by atoms with van der Waals surface area (Å²) in [6.45, 7) is 0. The number of hydrogen-bond acceptors (Lipinski definition) is 6. The van der Waals surface area contributed by atoms with Crippen LogP contribution in [0, 0.1) is 0 Å². The summed E-state index contributed by atoms with van der Waals surface area (Å²) in [5.74, 6) is 2.38. The number of nitrogens with zero attached hydrogens (tertiary/aromatic N) is 6. The van der Waals surface area contributed by atoms with Gasteiger partial charge in [-0.15, -0.1) is 0 Å². The predicted octanol–water partition coefficient (Wildman–Crippen LogP) is 21.7. The highest BCUT2D eigenvalue weighted by Gasteiger charge is 2.30. The summed E-state index contributed by atoms with van der Waals surface area (Å²) in [6, 6.07) is 110. The zero-order valence-electron chi connectivity index (χ0n) is 48.8. The summed E-state index contributed by atoms with van der Waals surface area (Å²) in [4.78, 5) is 23.2. The van der Waals surface area contributed by atoms with Gasteiger partial charge >= 0.3 is 0 Å². The zero-order chi connectivity index (χ0) is 58.9. The molecule has 1 aliphatic rings. The van der Waals surface area contributed by atoms with Crippen molar-refractivity contribution in [2.75, 3.05) is 21.7 Å². The van der Waals surface area contributed by atoms with Gasteiger partial charge in [-0.1, -0.05) is 212 Å². The first-order valence-electron chi connectivity index (χ1n) is 30.4. The van der Waals surface area contributed by atoms with E-state index in [-0.39, 0.29) is 6.17 Å². The van der Waals surface area contributed by atoms with E-state index in [1.807, 2.05) is 0 Å². The Kier molecular flexibility index (Phi) is 12.4. The normalized spacial score (nSPS) is 13.0. The Morgan fingerprint density at radius 1 is 0.303 bits per heavy atom. The number of para-hydroxylation sites is 4. The number of likely N-dealkylation sites (N-methyl/N-ethyl adjacent to an activating group) is 1. The number of fused-ring (bicyclic) bond motifs is 9. The Morgan fingerprint density at radius 3 is 1.22 bits per heavy atom. The molecular weight excluding hydrogens is 1080 g/mol. The van der Waals surface area contributed by atoms with E-state index < -0.39 is 0 Å². The molecular formula is C83H56N6. The number of aromatic nitrogens is 3. The van der Waals surface area contributed by atoms with Crippen LogP contribution in [0.25, 0.3) is 126 Å². The van der Waals surface area contributed by atoms with E-state index in [9.17, 15) is 0 Å². The lowest BCUT2D eigenvalue weighted by atomic mass is 9.84. The second-order valence-electron chi connectivity index (χ2n) is 23.2. The molecule has 0 aliphatic carbocycles. The van der Waals surface area contributed by atoms with E-state index in [0.29, 0.717) is 0 Å². The van der Waals surface area contributed by atoms with E-state index in [0.717, 1.165) is 122 Å². The van der Waals surface area contributed by atoms with Crippen LogP contribution in [0.2, 0.25) is 0 Å². The smallest absolute Gasteiger partial charge is 0.139 e. The van der Waals surface area contributed by atoms with Crippen molar-refractivity contribution in [3.8, 4) is 44.5 Å². The third-order valence-electron chi connectivity index (χ3n) is 18.0. The third kappa shape index (κ3) is 9.16. The molecule has 6 heteroatoms. The van der Waals surface area contributed by atoms with Crippen molar-refractivity contribution in [1.29, 1.82) is 0 Å². The molecule has 0 N–H and O–H groups in total. The van der Waals surface area contributed by atoms with Crippen LogP contribution in [0.5, 0.6) is 0 Å².